The highest BCUT2D eigenvalue weighted by Gasteiger charge is 2.24. The Morgan fingerprint density at radius 1 is 1.27 bits per heavy atom. The van der Waals surface area contributed by atoms with Gasteiger partial charge in [-0.3, -0.25) is 0 Å². The van der Waals surface area contributed by atoms with Gasteiger partial charge >= 0.3 is 0 Å². The number of hydrogen-bond donors (Lipinski definition) is 1. The van der Waals surface area contributed by atoms with Crippen molar-refractivity contribution in [3.05, 3.63) is 0 Å². The third-order valence-electron chi connectivity index (χ3n) is 2.90. The van der Waals surface area contributed by atoms with Crippen LogP contribution in [0.4, 0.5) is 0 Å². The van der Waals surface area contributed by atoms with E-state index in [4.69, 9.17) is 0 Å². The van der Waals surface area contributed by atoms with Crippen LogP contribution in [0.15, 0.2) is 0 Å². The lowest BCUT2D eigenvalue weighted by molar-refractivity contribution is 0.445. The molecular weight excluding hydrogens is 210 g/mol. The molecule has 0 aromatic heterocycles. The Morgan fingerprint density at radius 3 is 2.33 bits per heavy atom. The summed E-state index contributed by atoms with van der Waals surface area (Å²) >= 11 is 0. The molecule has 90 valence electrons. The van der Waals surface area contributed by atoms with E-state index in [-0.39, 0.29) is 17.5 Å². The number of nitrogens with one attached hydrogen (secondary N) is 1. The van der Waals surface area contributed by atoms with E-state index in [1.807, 2.05) is 6.92 Å². The van der Waals surface area contributed by atoms with Gasteiger partial charge in [-0.25, -0.2) is 8.42 Å². The molecule has 1 aliphatic rings. The summed E-state index contributed by atoms with van der Waals surface area (Å²) in [4.78, 5) is 0. The van der Waals surface area contributed by atoms with Gasteiger partial charge in [0, 0.05) is 17.8 Å². The average molecular weight is 233 g/mol. The molecule has 2 atom stereocenters. The van der Waals surface area contributed by atoms with E-state index in [9.17, 15) is 8.42 Å². The molecule has 1 rings (SSSR count). The monoisotopic (exact) mass is 233 g/mol. The highest BCUT2D eigenvalue weighted by molar-refractivity contribution is 7.91. The maximum Gasteiger partial charge on any atom is 0.151 e. The first-order chi connectivity index (χ1) is 6.93. The topological polar surface area (TPSA) is 46.2 Å². The first-order valence-electron chi connectivity index (χ1n) is 5.89. The molecule has 2 unspecified atom stereocenters. The highest BCUT2D eigenvalue weighted by atomic mass is 32.2. The lowest BCUT2D eigenvalue weighted by atomic mass is 10.1. The zero-order valence-corrected chi connectivity index (χ0v) is 10.8. The Labute approximate surface area is 93.6 Å². The molecule has 3 nitrogen and oxygen atoms in total. The van der Waals surface area contributed by atoms with Crippen molar-refractivity contribution in [1.82, 2.24) is 5.32 Å². The summed E-state index contributed by atoms with van der Waals surface area (Å²) in [5.41, 5.74) is 0. The Bertz CT molecular complexity index is 283. The Morgan fingerprint density at radius 2 is 1.87 bits per heavy atom. The Kier molecular flexibility index (Phi) is 4.59. The second kappa shape index (κ2) is 5.30. The zero-order chi connectivity index (χ0) is 11.5. The van der Waals surface area contributed by atoms with Crippen molar-refractivity contribution >= 4 is 9.84 Å². The van der Waals surface area contributed by atoms with Crippen LogP contribution in [0.2, 0.25) is 0 Å². The van der Waals surface area contributed by atoms with Gasteiger partial charge in [-0.05, 0) is 26.2 Å². The normalized spacial score (nSPS) is 21.3. The van der Waals surface area contributed by atoms with E-state index in [0.717, 1.165) is 5.92 Å². The molecule has 0 saturated heterocycles. The summed E-state index contributed by atoms with van der Waals surface area (Å²) in [6.07, 6.45) is 3.90. The van der Waals surface area contributed by atoms with Crippen molar-refractivity contribution in [2.75, 3.05) is 11.5 Å². The SMILES string of the molecule is CCS(=O)(=O)CC(C)NC(C)CC1CC1. The Hall–Kier alpha value is -0.0900. The van der Waals surface area contributed by atoms with Crippen molar-refractivity contribution < 1.29 is 8.42 Å². The molecule has 0 radical (unpaired) electrons. The third-order valence-corrected chi connectivity index (χ3v) is 4.78. The van der Waals surface area contributed by atoms with Crippen LogP contribution in [0.3, 0.4) is 0 Å². The molecule has 0 aliphatic heterocycles. The maximum absolute atomic E-state index is 11.4. The van der Waals surface area contributed by atoms with Gasteiger partial charge in [-0.15, -0.1) is 0 Å². The molecular formula is C11H23NO2S. The van der Waals surface area contributed by atoms with Crippen molar-refractivity contribution in [2.45, 2.75) is 52.1 Å². The van der Waals surface area contributed by atoms with Crippen molar-refractivity contribution in [1.29, 1.82) is 0 Å². The summed E-state index contributed by atoms with van der Waals surface area (Å²) in [7, 11) is -2.84. The van der Waals surface area contributed by atoms with Crippen molar-refractivity contribution in [2.24, 2.45) is 5.92 Å². The predicted molar refractivity (Wildman–Crippen MR) is 63.7 cm³/mol. The van der Waals surface area contributed by atoms with Crippen LogP contribution in [-0.2, 0) is 9.84 Å². The lowest BCUT2D eigenvalue weighted by Crippen LogP contribution is -2.39. The van der Waals surface area contributed by atoms with Gasteiger partial charge in [0.1, 0.15) is 0 Å². The highest BCUT2D eigenvalue weighted by Crippen LogP contribution is 2.33. The quantitative estimate of drug-likeness (QED) is 0.726. The third kappa shape index (κ3) is 5.52. The van der Waals surface area contributed by atoms with E-state index in [0.29, 0.717) is 6.04 Å². The van der Waals surface area contributed by atoms with Gasteiger partial charge in [0.05, 0.1) is 5.75 Å². The van der Waals surface area contributed by atoms with Gasteiger partial charge in [-0.1, -0.05) is 19.8 Å². The average Bonchev–Trinajstić information content (AvgIpc) is 2.86. The zero-order valence-electron chi connectivity index (χ0n) is 9.99. The maximum atomic E-state index is 11.4. The summed E-state index contributed by atoms with van der Waals surface area (Å²) in [5, 5.41) is 3.36. The van der Waals surface area contributed by atoms with Crippen LogP contribution in [0, 0.1) is 5.92 Å². The molecule has 4 heteroatoms. The van der Waals surface area contributed by atoms with E-state index in [2.05, 4.69) is 12.2 Å². The lowest BCUT2D eigenvalue weighted by Gasteiger charge is -2.19. The van der Waals surface area contributed by atoms with Crippen molar-refractivity contribution in [3.8, 4) is 0 Å². The minimum atomic E-state index is -2.84. The molecule has 0 bridgehead atoms. The first kappa shape index (κ1) is 13.0. The van der Waals surface area contributed by atoms with Crippen LogP contribution in [0.25, 0.3) is 0 Å². The summed E-state index contributed by atoms with van der Waals surface area (Å²) < 4.78 is 22.8. The van der Waals surface area contributed by atoms with Gasteiger partial charge < -0.3 is 5.32 Å². The summed E-state index contributed by atoms with van der Waals surface area (Å²) in [5.74, 6) is 1.40. The number of hydrogen-bond acceptors (Lipinski definition) is 3. The largest absolute Gasteiger partial charge is 0.311 e. The first-order valence-corrected chi connectivity index (χ1v) is 7.71. The van der Waals surface area contributed by atoms with Gasteiger partial charge in [0.25, 0.3) is 0 Å². The molecule has 1 saturated carbocycles. The van der Waals surface area contributed by atoms with Crippen LogP contribution >= 0.6 is 0 Å². The minimum absolute atomic E-state index is 0.0729. The summed E-state index contributed by atoms with van der Waals surface area (Å²) in [6.45, 7) is 5.81. The Balaban J connectivity index is 2.24. The molecule has 0 aromatic rings. The molecule has 0 aromatic carbocycles. The molecule has 0 amide bonds. The molecule has 15 heavy (non-hydrogen) atoms. The fraction of sp³-hybridized carbons (Fsp3) is 1.00. The van der Waals surface area contributed by atoms with Crippen molar-refractivity contribution in [3.63, 3.8) is 0 Å². The van der Waals surface area contributed by atoms with E-state index < -0.39 is 9.84 Å². The van der Waals surface area contributed by atoms with E-state index >= 15 is 0 Å². The second-order valence-electron chi connectivity index (χ2n) is 4.85. The van der Waals surface area contributed by atoms with E-state index in [1.165, 1.54) is 19.3 Å². The minimum Gasteiger partial charge on any atom is -0.311 e. The van der Waals surface area contributed by atoms with Crippen LogP contribution in [0.5, 0.6) is 0 Å². The fourth-order valence-corrected chi connectivity index (χ4v) is 3.05. The van der Waals surface area contributed by atoms with Gasteiger partial charge in [0.2, 0.25) is 0 Å². The predicted octanol–water partition coefficient (Wildman–Crippen LogP) is 1.59. The molecule has 1 N–H and O–H groups in total. The molecule has 1 aliphatic carbocycles. The van der Waals surface area contributed by atoms with Crippen LogP contribution in [0.1, 0.15) is 40.0 Å². The van der Waals surface area contributed by atoms with Crippen LogP contribution < -0.4 is 5.32 Å². The van der Waals surface area contributed by atoms with Crippen LogP contribution in [-0.4, -0.2) is 32.0 Å². The molecule has 0 heterocycles. The van der Waals surface area contributed by atoms with E-state index in [1.54, 1.807) is 6.92 Å². The molecule has 0 spiro atoms. The smallest absolute Gasteiger partial charge is 0.151 e. The van der Waals surface area contributed by atoms with Gasteiger partial charge in [0.15, 0.2) is 9.84 Å². The second-order valence-corrected chi connectivity index (χ2v) is 7.24. The van der Waals surface area contributed by atoms with Gasteiger partial charge in [-0.2, -0.15) is 0 Å². The standard InChI is InChI=1S/C11H23NO2S/c1-4-15(13,14)8-10(3)12-9(2)7-11-5-6-11/h9-12H,4-8H2,1-3H3. The molecule has 1 fully saturated rings. The number of rotatable bonds is 7. The number of sulfone groups is 1. The summed E-state index contributed by atoms with van der Waals surface area (Å²) in [6, 6.07) is 0.517. The fourth-order valence-electron chi connectivity index (χ4n) is 1.95.